The Morgan fingerprint density at radius 3 is 2.31 bits per heavy atom. The quantitative estimate of drug-likeness (QED) is 0.266. The van der Waals surface area contributed by atoms with Gasteiger partial charge in [0.25, 0.3) is 10.1 Å². The van der Waals surface area contributed by atoms with Crippen molar-refractivity contribution in [1.29, 1.82) is 0 Å². The summed E-state index contributed by atoms with van der Waals surface area (Å²) in [7, 11) is -5.15. The van der Waals surface area contributed by atoms with E-state index in [4.69, 9.17) is 14.0 Å². The number of esters is 3. The normalized spacial score (nSPS) is 30.2. The standard InChI is InChI=1S/C19H14Br3F3O9S/c20-5-1-8(21)13(9(22)2-5)18(28)34-15-6-3-7-12(17(27)33-14(7)15)11(6)16(26)32-10(19(23,24)25)4-35(29,30)31/h1-2,6-7,10-12,14-15H,3-4H2,(H,29,30,31). The van der Waals surface area contributed by atoms with E-state index in [1.54, 1.807) is 12.1 Å². The smallest absolute Gasteiger partial charge is 0.426 e. The van der Waals surface area contributed by atoms with Gasteiger partial charge in [-0.15, -0.1) is 0 Å². The van der Waals surface area contributed by atoms with Gasteiger partial charge in [-0.1, -0.05) is 15.9 Å². The summed E-state index contributed by atoms with van der Waals surface area (Å²) in [6, 6.07) is 3.17. The fraction of sp³-hybridized carbons (Fsp3) is 0.526. The molecule has 1 N–H and O–H groups in total. The number of hydrogen-bond donors (Lipinski definition) is 1. The molecule has 1 aromatic rings. The summed E-state index contributed by atoms with van der Waals surface area (Å²) in [4.78, 5) is 38.1. The molecule has 0 radical (unpaired) electrons. The summed E-state index contributed by atoms with van der Waals surface area (Å²) < 4.78 is 87.3. The molecule has 3 aliphatic rings. The Morgan fingerprint density at radius 2 is 1.77 bits per heavy atom. The summed E-state index contributed by atoms with van der Waals surface area (Å²) in [5, 5.41) is 0. The van der Waals surface area contributed by atoms with Gasteiger partial charge in [0.05, 0.1) is 17.4 Å². The first-order valence-electron chi connectivity index (χ1n) is 9.87. The van der Waals surface area contributed by atoms with E-state index in [-0.39, 0.29) is 12.0 Å². The monoisotopic (exact) mass is 712 g/mol. The molecule has 35 heavy (non-hydrogen) atoms. The lowest BCUT2D eigenvalue weighted by Crippen LogP contribution is -2.47. The SMILES string of the molecule is O=C(OC1C2CC3C1OC(=O)C3C2C(=O)OC(CS(=O)(=O)O)C(F)(F)F)c1c(Br)cc(Br)cc1Br. The molecular formula is C19H14Br3F3O9S. The van der Waals surface area contributed by atoms with Gasteiger partial charge in [0, 0.05) is 25.3 Å². The molecule has 0 amide bonds. The highest BCUT2D eigenvalue weighted by atomic mass is 79.9. The second-order valence-corrected chi connectivity index (χ2v) is 12.5. The van der Waals surface area contributed by atoms with Crippen molar-refractivity contribution in [3.63, 3.8) is 0 Å². The van der Waals surface area contributed by atoms with Crippen molar-refractivity contribution in [3.05, 3.63) is 31.1 Å². The van der Waals surface area contributed by atoms with Crippen LogP contribution in [0.15, 0.2) is 25.6 Å². The van der Waals surface area contributed by atoms with Crippen LogP contribution in [0.2, 0.25) is 0 Å². The Labute approximate surface area is 221 Å². The maximum absolute atomic E-state index is 13.3. The number of fused-ring (bicyclic) bond motifs is 1. The second-order valence-electron chi connectivity index (χ2n) is 8.35. The molecule has 2 saturated carbocycles. The lowest BCUT2D eigenvalue weighted by atomic mass is 9.78. The molecule has 7 unspecified atom stereocenters. The zero-order valence-electron chi connectivity index (χ0n) is 17.0. The topological polar surface area (TPSA) is 133 Å². The molecule has 16 heteroatoms. The number of benzene rings is 1. The van der Waals surface area contributed by atoms with Crippen molar-refractivity contribution in [2.24, 2.45) is 23.7 Å². The van der Waals surface area contributed by atoms with Gasteiger partial charge < -0.3 is 14.2 Å². The van der Waals surface area contributed by atoms with Gasteiger partial charge in [0.1, 0.15) is 18.0 Å². The third kappa shape index (κ3) is 5.13. The van der Waals surface area contributed by atoms with Gasteiger partial charge in [0.15, 0.2) is 0 Å². The molecule has 1 saturated heterocycles. The van der Waals surface area contributed by atoms with Crippen molar-refractivity contribution in [1.82, 2.24) is 0 Å². The van der Waals surface area contributed by atoms with E-state index in [9.17, 15) is 36.0 Å². The van der Waals surface area contributed by atoms with Crippen LogP contribution < -0.4 is 0 Å². The minimum atomic E-state index is -5.30. The molecule has 2 aliphatic carbocycles. The summed E-state index contributed by atoms with van der Waals surface area (Å²) >= 11 is 9.76. The number of ether oxygens (including phenoxy) is 3. The molecule has 0 spiro atoms. The molecule has 192 valence electrons. The van der Waals surface area contributed by atoms with E-state index < -0.39 is 81.9 Å². The van der Waals surface area contributed by atoms with Gasteiger partial charge in [-0.3, -0.25) is 14.1 Å². The highest BCUT2D eigenvalue weighted by molar-refractivity contribution is 9.11. The maximum Gasteiger partial charge on any atom is 0.426 e. The van der Waals surface area contributed by atoms with Gasteiger partial charge in [0.2, 0.25) is 6.10 Å². The highest BCUT2D eigenvalue weighted by Crippen LogP contribution is 2.59. The molecule has 9 nitrogen and oxygen atoms in total. The van der Waals surface area contributed by atoms with Crippen molar-refractivity contribution in [3.8, 4) is 0 Å². The maximum atomic E-state index is 13.3. The zero-order valence-corrected chi connectivity index (χ0v) is 22.6. The Hall–Kier alpha value is -1.23. The largest absolute Gasteiger partial charge is 0.458 e. The van der Waals surface area contributed by atoms with E-state index in [1.807, 2.05) is 0 Å². The third-order valence-corrected chi connectivity index (χ3v) is 8.69. The van der Waals surface area contributed by atoms with E-state index in [1.165, 1.54) is 0 Å². The van der Waals surface area contributed by atoms with Crippen LogP contribution >= 0.6 is 47.8 Å². The minimum absolute atomic E-state index is 0.0984. The molecule has 4 rings (SSSR count). The highest BCUT2D eigenvalue weighted by Gasteiger charge is 2.70. The molecule has 2 bridgehead atoms. The van der Waals surface area contributed by atoms with Gasteiger partial charge in [-0.25, -0.2) is 4.79 Å². The van der Waals surface area contributed by atoms with Crippen LogP contribution in [0.4, 0.5) is 13.2 Å². The van der Waals surface area contributed by atoms with Crippen LogP contribution in [0.25, 0.3) is 0 Å². The predicted molar refractivity (Wildman–Crippen MR) is 120 cm³/mol. The van der Waals surface area contributed by atoms with Crippen LogP contribution in [0.3, 0.4) is 0 Å². The van der Waals surface area contributed by atoms with Crippen LogP contribution in [0.5, 0.6) is 0 Å². The van der Waals surface area contributed by atoms with E-state index in [2.05, 4.69) is 52.5 Å². The number of carbonyl (C=O) groups is 3. The Balaban J connectivity index is 1.58. The molecular weight excluding hydrogens is 701 g/mol. The number of halogens is 6. The second kappa shape index (κ2) is 9.26. The van der Waals surface area contributed by atoms with Crippen LogP contribution in [-0.4, -0.2) is 61.1 Å². The van der Waals surface area contributed by atoms with E-state index >= 15 is 0 Å². The molecule has 0 aromatic heterocycles. The summed E-state index contributed by atoms with van der Waals surface area (Å²) in [5.74, 6) is -9.11. The fourth-order valence-electron chi connectivity index (χ4n) is 4.99. The number of hydrogen-bond acceptors (Lipinski definition) is 8. The Morgan fingerprint density at radius 1 is 1.17 bits per heavy atom. The minimum Gasteiger partial charge on any atom is -0.458 e. The number of carbonyl (C=O) groups excluding carboxylic acids is 3. The molecule has 1 aromatic carbocycles. The lowest BCUT2D eigenvalue weighted by molar-refractivity contribution is -0.219. The molecule has 1 heterocycles. The molecule has 1 aliphatic heterocycles. The first-order valence-corrected chi connectivity index (χ1v) is 13.9. The lowest BCUT2D eigenvalue weighted by Gasteiger charge is -2.31. The first kappa shape index (κ1) is 26.8. The van der Waals surface area contributed by atoms with Crippen molar-refractivity contribution >= 4 is 75.8 Å². The Bertz CT molecular complexity index is 1180. The van der Waals surface area contributed by atoms with Crippen LogP contribution in [-0.2, 0) is 33.9 Å². The number of rotatable bonds is 6. The molecule has 3 fully saturated rings. The van der Waals surface area contributed by atoms with Crippen molar-refractivity contribution < 1.29 is 54.7 Å². The third-order valence-electron chi connectivity index (χ3n) is 6.26. The average molecular weight is 715 g/mol. The van der Waals surface area contributed by atoms with Gasteiger partial charge in [-0.05, 0) is 50.4 Å². The summed E-state index contributed by atoms with van der Waals surface area (Å²) in [5.41, 5.74) is 0.0984. The van der Waals surface area contributed by atoms with Crippen LogP contribution in [0.1, 0.15) is 16.8 Å². The van der Waals surface area contributed by atoms with Crippen LogP contribution in [0, 0.1) is 23.7 Å². The average Bonchev–Trinajstić information content (AvgIpc) is 3.28. The number of alkyl halides is 3. The fourth-order valence-corrected chi connectivity index (χ4v) is 8.22. The van der Waals surface area contributed by atoms with Crippen molar-refractivity contribution in [2.75, 3.05) is 5.75 Å². The van der Waals surface area contributed by atoms with Crippen molar-refractivity contribution in [2.45, 2.75) is 30.9 Å². The predicted octanol–water partition coefficient (Wildman–Crippen LogP) is 3.67. The van der Waals surface area contributed by atoms with E-state index in [0.717, 1.165) is 0 Å². The molecule has 7 atom stereocenters. The summed E-state index contributed by atoms with van der Waals surface area (Å²) in [6.07, 6.45) is -10.3. The summed E-state index contributed by atoms with van der Waals surface area (Å²) in [6.45, 7) is 0. The van der Waals surface area contributed by atoms with Gasteiger partial charge in [-0.2, -0.15) is 21.6 Å². The first-order chi connectivity index (χ1) is 16.1. The Kier molecular flexibility index (Phi) is 7.10. The zero-order chi connectivity index (χ0) is 26.0. The van der Waals surface area contributed by atoms with Gasteiger partial charge >= 0.3 is 24.1 Å². The van der Waals surface area contributed by atoms with E-state index in [0.29, 0.717) is 13.4 Å².